The van der Waals surface area contributed by atoms with E-state index in [9.17, 15) is 9.59 Å². The topological polar surface area (TPSA) is 89.5 Å². The van der Waals surface area contributed by atoms with Crippen LogP contribution < -0.4 is 20.1 Å². The lowest BCUT2D eigenvalue weighted by Crippen LogP contribution is -2.26. The second kappa shape index (κ2) is 10.4. The number of methoxy groups -OCH3 is 2. The molecule has 0 aliphatic carbocycles. The zero-order chi connectivity index (χ0) is 19.6. The van der Waals surface area contributed by atoms with Crippen LogP contribution in [-0.2, 0) is 11.2 Å². The van der Waals surface area contributed by atoms with E-state index in [2.05, 4.69) is 15.6 Å². The average molecular weight is 389 g/mol. The Morgan fingerprint density at radius 2 is 2.00 bits per heavy atom. The normalized spacial score (nSPS) is 10.2. The number of ether oxygens (including phenoxy) is 2. The predicted molar refractivity (Wildman–Crippen MR) is 107 cm³/mol. The van der Waals surface area contributed by atoms with Crippen molar-refractivity contribution in [3.05, 3.63) is 47.8 Å². The van der Waals surface area contributed by atoms with E-state index < -0.39 is 0 Å². The summed E-state index contributed by atoms with van der Waals surface area (Å²) in [4.78, 5) is 28.7. The number of rotatable bonds is 9. The van der Waals surface area contributed by atoms with Crippen LogP contribution in [0, 0.1) is 0 Å². The van der Waals surface area contributed by atoms with Gasteiger partial charge in [-0.15, -0.1) is 0 Å². The van der Waals surface area contributed by atoms with Gasteiger partial charge in [0.2, 0.25) is 5.91 Å². The third-order valence-corrected chi connectivity index (χ3v) is 4.23. The van der Waals surface area contributed by atoms with Gasteiger partial charge in [0.05, 0.1) is 25.7 Å². The quantitative estimate of drug-likeness (QED) is 0.684. The smallest absolute Gasteiger partial charge is 0.251 e. The first-order chi connectivity index (χ1) is 13.1. The van der Waals surface area contributed by atoms with Crippen molar-refractivity contribution in [1.82, 2.24) is 10.3 Å². The number of carbonyl (C=O) groups excluding carboxylic acids is 2. The summed E-state index contributed by atoms with van der Waals surface area (Å²) in [6.45, 7) is 0.443. The second-order valence-corrected chi connectivity index (χ2v) is 6.43. The van der Waals surface area contributed by atoms with Crippen molar-refractivity contribution < 1.29 is 19.1 Å². The van der Waals surface area contributed by atoms with Crippen LogP contribution in [0.2, 0.25) is 0 Å². The number of nitrogens with one attached hydrogen (secondary N) is 2. The summed E-state index contributed by atoms with van der Waals surface area (Å²) >= 11 is 1.40. The van der Waals surface area contributed by atoms with E-state index in [-0.39, 0.29) is 11.8 Å². The molecule has 0 spiro atoms. The molecule has 8 heteroatoms. The summed E-state index contributed by atoms with van der Waals surface area (Å²) in [5, 5.41) is 5.61. The molecular weight excluding hydrogens is 366 g/mol. The van der Waals surface area contributed by atoms with Gasteiger partial charge < -0.3 is 20.1 Å². The van der Waals surface area contributed by atoms with Gasteiger partial charge in [-0.2, -0.15) is 11.8 Å². The third-order valence-electron chi connectivity index (χ3n) is 3.68. The summed E-state index contributed by atoms with van der Waals surface area (Å²) in [5.41, 5.74) is 1.66. The number of hydrogen-bond acceptors (Lipinski definition) is 6. The number of amides is 2. The van der Waals surface area contributed by atoms with Crippen LogP contribution in [-0.4, -0.2) is 49.6 Å². The van der Waals surface area contributed by atoms with Crippen LogP contribution in [0.4, 0.5) is 5.69 Å². The average Bonchev–Trinajstić information content (AvgIpc) is 2.68. The number of aromatic nitrogens is 1. The highest BCUT2D eigenvalue weighted by Crippen LogP contribution is 2.36. The van der Waals surface area contributed by atoms with Gasteiger partial charge in [-0.3, -0.25) is 14.6 Å². The highest BCUT2D eigenvalue weighted by molar-refractivity contribution is 7.99. The molecule has 144 valence electrons. The van der Waals surface area contributed by atoms with Crippen molar-refractivity contribution in [2.75, 3.05) is 38.1 Å². The van der Waals surface area contributed by atoms with Crippen LogP contribution in [0.3, 0.4) is 0 Å². The first-order valence-electron chi connectivity index (χ1n) is 8.32. The van der Waals surface area contributed by atoms with E-state index in [1.165, 1.54) is 26.0 Å². The summed E-state index contributed by atoms with van der Waals surface area (Å²) in [7, 11) is 2.96. The van der Waals surface area contributed by atoms with Crippen LogP contribution >= 0.6 is 11.8 Å². The number of thioether (sulfide) groups is 1. The van der Waals surface area contributed by atoms with Crippen LogP contribution in [0.1, 0.15) is 16.1 Å². The van der Waals surface area contributed by atoms with Crippen molar-refractivity contribution >= 4 is 29.3 Å². The number of anilines is 1. The van der Waals surface area contributed by atoms with E-state index in [1.54, 1.807) is 18.3 Å². The van der Waals surface area contributed by atoms with Crippen LogP contribution in [0.15, 0.2) is 36.5 Å². The van der Waals surface area contributed by atoms with Gasteiger partial charge in [-0.25, -0.2) is 0 Å². The van der Waals surface area contributed by atoms with Crippen molar-refractivity contribution in [3.63, 3.8) is 0 Å². The zero-order valence-electron chi connectivity index (χ0n) is 15.6. The Balaban J connectivity index is 2.14. The van der Waals surface area contributed by atoms with Crippen molar-refractivity contribution in [1.29, 1.82) is 0 Å². The van der Waals surface area contributed by atoms with Crippen molar-refractivity contribution in [2.24, 2.45) is 0 Å². The van der Waals surface area contributed by atoms with Gasteiger partial charge in [-0.05, 0) is 30.5 Å². The molecule has 2 aromatic rings. The van der Waals surface area contributed by atoms with Gasteiger partial charge in [0.25, 0.3) is 5.91 Å². The maximum Gasteiger partial charge on any atom is 0.251 e. The molecule has 1 heterocycles. The Morgan fingerprint density at radius 1 is 1.19 bits per heavy atom. The number of benzene rings is 1. The molecule has 0 radical (unpaired) electrons. The largest absolute Gasteiger partial charge is 0.493 e. The highest BCUT2D eigenvalue weighted by Gasteiger charge is 2.17. The Hall–Kier alpha value is -2.74. The molecule has 1 aromatic carbocycles. The fourth-order valence-corrected chi connectivity index (χ4v) is 2.79. The van der Waals surface area contributed by atoms with Crippen LogP contribution in [0.5, 0.6) is 11.5 Å². The van der Waals surface area contributed by atoms with Gasteiger partial charge >= 0.3 is 0 Å². The first kappa shape index (κ1) is 20.6. The maximum absolute atomic E-state index is 12.5. The van der Waals surface area contributed by atoms with Crippen molar-refractivity contribution in [2.45, 2.75) is 6.42 Å². The van der Waals surface area contributed by atoms with Gasteiger partial charge in [-0.1, -0.05) is 6.07 Å². The summed E-state index contributed by atoms with van der Waals surface area (Å²) in [6.07, 6.45) is 4.18. The Bertz CT molecular complexity index is 784. The summed E-state index contributed by atoms with van der Waals surface area (Å²) < 4.78 is 10.6. The molecule has 0 aliphatic rings. The Morgan fingerprint density at radius 3 is 2.63 bits per heavy atom. The molecule has 0 aliphatic heterocycles. The fourth-order valence-electron chi connectivity index (χ4n) is 2.46. The lowest BCUT2D eigenvalue weighted by molar-refractivity contribution is -0.113. The molecule has 2 N–H and O–H groups in total. The summed E-state index contributed by atoms with van der Waals surface area (Å²) in [5.74, 6) is 0.584. The molecule has 27 heavy (non-hydrogen) atoms. The number of pyridine rings is 1. The van der Waals surface area contributed by atoms with Gasteiger partial charge in [0, 0.05) is 30.4 Å². The zero-order valence-corrected chi connectivity index (χ0v) is 16.4. The van der Waals surface area contributed by atoms with E-state index in [0.717, 1.165) is 5.69 Å². The second-order valence-electron chi connectivity index (χ2n) is 5.57. The lowest BCUT2D eigenvalue weighted by Gasteiger charge is -2.15. The van der Waals surface area contributed by atoms with E-state index in [0.29, 0.717) is 41.5 Å². The molecule has 0 saturated carbocycles. The van der Waals surface area contributed by atoms with Crippen molar-refractivity contribution in [3.8, 4) is 11.5 Å². The molecule has 2 amide bonds. The minimum atomic E-state index is -0.271. The standard InChI is InChI=1S/C19H23N3O4S/c1-25-16-11-13(10-15(18(16)26-2)22-17(23)12-27-3)19(24)21-9-7-14-6-4-5-8-20-14/h4-6,8,10-11H,7,9,12H2,1-3H3,(H,21,24)(H,22,23). The Labute approximate surface area is 162 Å². The first-order valence-corrected chi connectivity index (χ1v) is 9.71. The number of carbonyl (C=O) groups is 2. The minimum Gasteiger partial charge on any atom is -0.493 e. The molecule has 0 bridgehead atoms. The molecule has 0 unspecified atom stereocenters. The minimum absolute atomic E-state index is 0.185. The monoisotopic (exact) mass is 389 g/mol. The lowest BCUT2D eigenvalue weighted by atomic mass is 10.1. The number of nitrogens with zero attached hydrogens (tertiary/aromatic N) is 1. The highest BCUT2D eigenvalue weighted by atomic mass is 32.2. The number of hydrogen-bond donors (Lipinski definition) is 2. The molecule has 0 saturated heterocycles. The van der Waals surface area contributed by atoms with E-state index >= 15 is 0 Å². The third kappa shape index (κ3) is 5.89. The molecule has 0 atom stereocenters. The van der Waals surface area contributed by atoms with Gasteiger partial charge in [0.15, 0.2) is 11.5 Å². The van der Waals surface area contributed by atoms with Gasteiger partial charge in [0.1, 0.15) is 0 Å². The molecular formula is C19H23N3O4S. The SMILES string of the molecule is COc1cc(C(=O)NCCc2ccccn2)cc(NC(=O)CSC)c1OC. The molecule has 0 fully saturated rings. The molecule has 2 rings (SSSR count). The van der Waals surface area contributed by atoms with E-state index in [1.807, 2.05) is 24.5 Å². The maximum atomic E-state index is 12.5. The predicted octanol–water partition coefficient (Wildman–Crippen LogP) is 2.37. The summed E-state index contributed by atoms with van der Waals surface area (Å²) in [6, 6.07) is 8.82. The molecule has 7 nitrogen and oxygen atoms in total. The Kier molecular flexibility index (Phi) is 7.94. The molecule has 1 aromatic heterocycles. The fraction of sp³-hybridized carbons (Fsp3) is 0.316. The van der Waals surface area contributed by atoms with E-state index in [4.69, 9.17) is 9.47 Å². The van der Waals surface area contributed by atoms with Crippen LogP contribution in [0.25, 0.3) is 0 Å².